The van der Waals surface area contributed by atoms with Crippen LogP contribution in [0.2, 0.25) is 0 Å². The van der Waals surface area contributed by atoms with Crippen LogP contribution in [0, 0.1) is 0 Å². The second kappa shape index (κ2) is 7.20. The number of aliphatic carboxylic acids is 1. The van der Waals surface area contributed by atoms with Gasteiger partial charge in [0.15, 0.2) is 0 Å². The van der Waals surface area contributed by atoms with E-state index in [2.05, 4.69) is 5.32 Å². The number of nitrogens with one attached hydrogen (secondary N) is 1. The maximum absolute atomic E-state index is 12.1. The van der Waals surface area contributed by atoms with E-state index >= 15 is 0 Å². The SMILES string of the molecule is CCC(COC)NC(=O)N(CC)C(C)(C)C(=O)O. The lowest BCUT2D eigenvalue weighted by atomic mass is 10.0. The van der Waals surface area contributed by atoms with Crippen LogP contribution in [-0.2, 0) is 9.53 Å². The summed E-state index contributed by atoms with van der Waals surface area (Å²) in [6.07, 6.45) is 0.727. The highest BCUT2D eigenvalue weighted by molar-refractivity contribution is 5.85. The first-order valence-electron chi connectivity index (χ1n) is 6.11. The van der Waals surface area contributed by atoms with Gasteiger partial charge in [0.2, 0.25) is 0 Å². The molecular weight excluding hydrogens is 236 g/mol. The fourth-order valence-corrected chi connectivity index (χ4v) is 1.62. The smallest absolute Gasteiger partial charge is 0.329 e. The second-order valence-corrected chi connectivity index (χ2v) is 4.62. The van der Waals surface area contributed by atoms with Crippen molar-refractivity contribution in [2.75, 3.05) is 20.3 Å². The number of methoxy groups -OCH3 is 1. The van der Waals surface area contributed by atoms with E-state index in [9.17, 15) is 9.59 Å². The summed E-state index contributed by atoms with van der Waals surface area (Å²) in [5.74, 6) is -1.03. The molecule has 0 aromatic heterocycles. The van der Waals surface area contributed by atoms with Gasteiger partial charge in [-0.15, -0.1) is 0 Å². The predicted octanol–water partition coefficient (Wildman–Crippen LogP) is 1.31. The van der Waals surface area contributed by atoms with E-state index in [4.69, 9.17) is 9.84 Å². The van der Waals surface area contributed by atoms with E-state index in [1.807, 2.05) is 6.92 Å². The first-order valence-corrected chi connectivity index (χ1v) is 6.11. The monoisotopic (exact) mass is 260 g/mol. The summed E-state index contributed by atoms with van der Waals surface area (Å²) in [5, 5.41) is 11.9. The normalized spacial score (nSPS) is 12.9. The Morgan fingerprint density at radius 3 is 2.28 bits per heavy atom. The Hall–Kier alpha value is -1.30. The molecule has 2 N–H and O–H groups in total. The van der Waals surface area contributed by atoms with Crippen molar-refractivity contribution in [2.24, 2.45) is 0 Å². The topological polar surface area (TPSA) is 78.9 Å². The number of carbonyl (C=O) groups is 2. The zero-order valence-corrected chi connectivity index (χ0v) is 11.8. The Morgan fingerprint density at radius 2 is 1.94 bits per heavy atom. The number of amides is 2. The third-order valence-corrected chi connectivity index (χ3v) is 2.95. The Kier molecular flexibility index (Phi) is 6.68. The minimum absolute atomic E-state index is 0.110. The van der Waals surface area contributed by atoms with Crippen LogP contribution < -0.4 is 5.32 Å². The van der Waals surface area contributed by atoms with Gasteiger partial charge in [0.25, 0.3) is 0 Å². The lowest BCUT2D eigenvalue weighted by Gasteiger charge is -2.35. The second-order valence-electron chi connectivity index (χ2n) is 4.62. The number of carboxylic acid groups (broad SMARTS) is 1. The number of rotatable bonds is 7. The molecule has 0 aromatic rings. The minimum Gasteiger partial charge on any atom is -0.480 e. The lowest BCUT2D eigenvalue weighted by Crippen LogP contribution is -2.57. The molecule has 0 fully saturated rings. The van der Waals surface area contributed by atoms with Crippen molar-refractivity contribution < 1.29 is 19.4 Å². The van der Waals surface area contributed by atoms with Crippen LogP contribution in [0.1, 0.15) is 34.1 Å². The fraction of sp³-hybridized carbons (Fsp3) is 0.833. The summed E-state index contributed by atoms with van der Waals surface area (Å²) in [4.78, 5) is 24.5. The number of ether oxygens (including phenoxy) is 1. The molecular formula is C12H24N2O4. The van der Waals surface area contributed by atoms with Crippen LogP contribution in [-0.4, -0.2) is 53.8 Å². The molecule has 1 unspecified atom stereocenters. The number of carboxylic acids is 1. The molecule has 0 aliphatic heterocycles. The van der Waals surface area contributed by atoms with Crippen molar-refractivity contribution >= 4 is 12.0 Å². The Labute approximate surface area is 108 Å². The number of urea groups is 1. The third kappa shape index (κ3) is 4.18. The number of hydrogen-bond donors (Lipinski definition) is 2. The van der Waals surface area contributed by atoms with Gasteiger partial charge in [-0.3, -0.25) is 0 Å². The zero-order chi connectivity index (χ0) is 14.3. The molecule has 0 radical (unpaired) electrons. The van der Waals surface area contributed by atoms with Gasteiger partial charge < -0.3 is 20.1 Å². The van der Waals surface area contributed by atoms with Gasteiger partial charge in [0.05, 0.1) is 12.6 Å². The summed E-state index contributed by atoms with van der Waals surface area (Å²) >= 11 is 0. The number of likely N-dealkylation sites (N-methyl/N-ethyl adjacent to an activating group) is 1. The molecule has 0 rings (SSSR count). The van der Waals surface area contributed by atoms with Crippen molar-refractivity contribution in [1.82, 2.24) is 10.2 Å². The molecule has 0 saturated heterocycles. The minimum atomic E-state index is -1.23. The van der Waals surface area contributed by atoms with Crippen LogP contribution in [0.3, 0.4) is 0 Å². The molecule has 6 heteroatoms. The molecule has 0 aliphatic carbocycles. The Morgan fingerprint density at radius 1 is 1.39 bits per heavy atom. The molecule has 2 amide bonds. The van der Waals surface area contributed by atoms with Crippen LogP contribution in [0.5, 0.6) is 0 Å². The maximum Gasteiger partial charge on any atom is 0.329 e. The highest BCUT2D eigenvalue weighted by Gasteiger charge is 2.37. The third-order valence-electron chi connectivity index (χ3n) is 2.95. The van der Waals surface area contributed by atoms with E-state index in [1.165, 1.54) is 18.7 Å². The van der Waals surface area contributed by atoms with E-state index in [0.29, 0.717) is 13.2 Å². The van der Waals surface area contributed by atoms with Gasteiger partial charge in [-0.05, 0) is 27.2 Å². The van der Waals surface area contributed by atoms with E-state index in [0.717, 1.165) is 6.42 Å². The van der Waals surface area contributed by atoms with Crippen molar-refractivity contribution in [3.05, 3.63) is 0 Å². The molecule has 0 aromatic carbocycles. The molecule has 0 heterocycles. The highest BCUT2D eigenvalue weighted by Crippen LogP contribution is 2.14. The predicted molar refractivity (Wildman–Crippen MR) is 68.6 cm³/mol. The largest absolute Gasteiger partial charge is 0.480 e. The number of hydrogen-bond acceptors (Lipinski definition) is 3. The number of nitrogens with zero attached hydrogens (tertiary/aromatic N) is 1. The summed E-state index contributed by atoms with van der Waals surface area (Å²) in [7, 11) is 1.56. The van der Waals surface area contributed by atoms with Gasteiger partial charge in [0, 0.05) is 13.7 Å². The molecule has 6 nitrogen and oxygen atoms in total. The highest BCUT2D eigenvalue weighted by atomic mass is 16.5. The van der Waals surface area contributed by atoms with Crippen LogP contribution in [0.25, 0.3) is 0 Å². The van der Waals surface area contributed by atoms with Crippen molar-refractivity contribution in [3.8, 4) is 0 Å². The zero-order valence-electron chi connectivity index (χ0n) is 11.8. The van der Waals surface area contributed by atoms with Gasteiger partial charge in [-0.2, -0.15) is 0 Å². The van der Waals surface area contributed by atoms with Gasteiger partial charge in [-0.25, -0.2) is 9.59 Å². The number of carbonyl (C=O) groups excluding carboxylic acids is 1. The first kappa shape index (κ1) is 16.7. The van der Waals surface area contributed by atoms with Crippen molar-refractivity contribution in [1.29, 1.82) is 0 Å². The molecule has 18 heavy (non-hydrogen) atoms. The lowest BCUT2D eigenvalue weighted by molar-refractivity contribution is -0.147. The average Bonchev–Trinajstić information content (AvgIpc) is 2.28. The first-order chi connectivity index (χ1) is 8.31. The summed E-state index contributed by atoms with van der Waals surface area (Å²) in [5.41, 5.74) is -1.23. The van der Waals surface area contributed by atoms with Crippen molar-refractivity contribution in [2.45, 2.75) is 45.7 Å². The quantitative estimate of drug-likeness (QED) is 0.723. The van der Waals surface area contributed by atoms with Gasteiger partial charge in [-0.1, -0.05) is 6.92 Å². The Balaban J connectivity index is 4.76. The van der Waals surface area contributed by atoms with Crippen LogP contribution in [0.15, 0.2) is 0 Å². The summed E-state index contributed by atoms with van der Waals surface area (Å²) < 4.78 is 4.99. The van der Waals surface area contributed by atoms with Crippen molar-refractivity contribution in [3.63, 3.8) is 0 Å². The van der Waals surface area contributed by atoms with E-state index < -0.39 is 11.5 Å². The Bertz CT molecular complexity index is 292. The molecule has 0 spiro atoms. The van der Waals surface area contributed by atoms with E-state index in [1.54, 1.807) is 14.0 Å². The average molecular weight is 260 g/mol. The maximum atomic E-state index is 12.1. The summed E-state index contributed by atoms with van der Waals surface area (Å²) in [6.45, 7) is 7.44. The van der Waals surface area contributed by atoms with Gasteiger partial charge in [0.1, 0.15) is 5.54 Å². The van der Waals surface area contributed by atoms with E-state index in [-0.39, 0.29) is 12.1 Å². The molecule has 0 bridgehead atoms. The van der Waals surface area contributed by atoms with Crippen LogP contribution >= 0.6 is 0 Å². The van der Waals surface area contributed by atoms with Gasteiger partial charge >= 0.3 is 12.0 Å². The summed E-state index contributed by atoms with van der Waals surface area (Å²) in [6, 6.07) is -0.491. The standard InChI is InChI=1S/C12H24N2O4/c1-6-9(8-18-5)13-11(17)14(7-2)12(3,4)10(15)16/h9H,6-8H2,1-5H3,(H,13,17)(H,15,16). The molecule has 1 atom stereocenters. The molecule has 0 saturated carbocycles. The van der Waals surface area contributed by atoms with Crippen LogP contribution in [0.4, 0.5) is 4.79 Å². The molecule has 0 aliphatic rings. The molecule has 106 valence electrons. The fourth-order valence-electron chi connectivity index (χ4n) is 1.62.